The van der Waals surface area contributed by atoms with Gasteiger partial charge in [0, 0.05) is 55.1 Å². The average Bonchev–Trinajstić information content (AvgIpc) is 2.67. The molecule has 7 heteroatoms. The largest absolute Gasteiger partial charge is 0.506 e. The van der Waals surface area contributed by atoms with Crippen LogP contribution in [0.3, 0.4) is 0 Å². The van der Waals surface area contributed by atoms with Crippen molar-refractivity contribution < 1.29 is 10.0 Å². The van der Waals surface area contributed by atoms with Crippen LogP contribution in [0.25, 0.3) is 10.9 Å². The summed E-state index contributed by atoms with van der Waals surface area (Å²) in [5.41, 5.74) is 3.53. The van der Waals surface area contributed by atoms with Gasteiger partial charge in [0.05, 0.1) is 16.1 Å². The zero-order valence-corrected chi connectivity index (χ0v) is 15.0. The maximum absolute atomic E-state index is 11.2. The summed E-state index contributed by atoms with van der Waals surface area (Å²) in [6.07, 6.45) is 0. The van der Waals surface area contributed by atoms with Crippen molar-refractivity contribution in [2.45, 2.75) is 6.92 Å². The number of nitro benzene ring substituents is 1. The Morgan fingerprint density at radius 3 is 2.33 bits per heavy atom. The number of hydrogen-bond acceptors (Lipinski definition) is 6. The average molecular weight is 364 g/mol. The van der Waals surface area contributed by atoms with Crippen molar-refractivity contribution in [2.24, 2.45) is 0 Å². The zero-order chi connectivity index (χ0) is 19.0. The molecule has 2 heterocycles. The maximum Gasteiger partial charge on any atom is 0.270 e. The number of phenolic OH excluding ortho intramolecular Hbond substituents is 1. The van der Waals surface area contributed by atoms with E-state index in [1.165, 1.54) is 6.07 Å². The summed E-state index contributed by atoms with van der Waals surface area (Å²) in [6.45, 7) is 4.97. The van der Waals surface area contributed by atoms with E-state index in [4.69, 9.17) is 0 Å². The molecule has 1 fully saturated rings. The van der Waals surface area contributed by atoms with Crippen molar-refractivity contribution in [1.82, 2.24) is 4.98 Å². The smallest absolute Gasteiger partial charge is 0.270 e. The van der Waals surface area contributed by atoms with Gasteiger partial charge in [-0.1, -0.05) is 12.1 Å². The van der Waals surface area contributed by atoms with Gasteiger partial charge in [0.15, 0.2) is 0 Å². The van der Waals surface area contributed by atoms with Crippen LogP contribution in [0.4, 0.5) is 17.1 Å². The van der Waals surface area contributed by atoms with Crippen molar-refractivity contribution in [3.8, 4) is 5.75 Å². The van der Waals surface area contributed by atoms with Crippen LogP contribution in [0.15, 0.2) is 48.5 Å². The van der Waals surface area contributed by atoms with E-state index in [0.717, 1.165) is 54.2 Å². The predicted molar refractivity (Wildman–Crippen MR) is 106 cm³/mol. The van der Waals surface area contributed by atoms with Crippen LogP contribution < -0.4 is 9.80 Å². The lowest BCUT2D eigenvalue weighted by atomic mass is 10.1. The third-order valence-electron chi connectivity index (χ3n) is 4.95. The van der Waals surface area contributed by atoms with Crippen molar-refractivity contribution >= 4 is 28.0 Å². The molecule has 1 aliphatic heterocycles. The Kier molecular flexibility index (Phi) is 4.27. The second kappa shape index (κ2) is 6.75. The van der Waals surface area contributed by atoms with E-state index in [1.807, 2.05) is 31.2 Å². The van der Waals surface area contributed by atoms with E-state index in [-0.39, 0.29) is 16.4 Å². The molecular formula is C20H20N4O3. The highest BCUT2D eigenvalue weighted by atomic mass is 16.6. The summed E-state index contributed by atoms with van der Waals surface area (Å²) < 4.78 is 0. The number of phenols is 1. The zero-order valence-electron chi connectivity index (χ0n) is 15.0. The lowest BCUT2D eigenvalue weighted by Gasteiger charge is -2.38. The number of hydrogen-bond donors (Lipinski definition) is 1. The van der Waals surface area contributed by atoms with E-state index in [0.29, 0.717) is 0 Å². The van der Waals surface area contributed by atoms with Crippen LogP contribution in [-0.2, 0) is 0 Å². The van der Waals surface area contributed by atoms with E-state index in [2.05, 4.69) is 14.8 Å². The molecule has 0 unspecified atom stereocenters. The summed E-state index contributed by atoms with van der Waals surface area (Å²) in [5.74, 6) is 0.284. The fourth-order valence-electron chi connectivity index (χ4n) is 3.62. The fraction of sp³-hybridized carbons (Fsp3) is 0.250. The van der Waals surface area contributed by atoms with Crippen LogP contribution in [0.1, 0.15) is 5.69 Å². The Hall–Kier alpha value is -3.35. The number of pyridine rings is 1. The molecule has 0 bridgehead atoms. The highest BCUT2D eigenvalue weighted by Crippen LogP contribution is 2.32. The molecule has 1 saturated heterocycles. The third-order valence-corrected chi connectivity index (χ3v) is 4.95. The molecule has 0 spiro atoms. The minimum Gasteiger partial charge on any atom is -0.506 e. The first-order chi connectivity index (χ1) is 13.0. The Bertz CT molecular complexity index is 1010. The molecule has 0 aliphatic carbocycles. The van der Waals surface area contributed by atoms with Crippen LogP contribution in [0.2, 0.25) is 0 Å². The van der Waals surface area contributed by atoms with E-state index < -0.39 is 0 Å². The number of aromatic nitrogens is 1. The van der Waals surface area contributed by atoms with Gasteiger partial charge in [-0.25, -0.2) is 0 Å². The van der Waals surface area contributed by atoms with Gasteiger partial charge in [-0.05, 0) is 31.2 Å². The molecular weight excluding hydrogens is 344 g/mol. The number of fused-ring (bicyclic) bond motifs is 1. The van der Waals surface area contributed by atoms with Gasteiger partial charge >= 0.3 is 0 Å². The van der Waals surface area contributed by atoms with Crippen molar-refractivity contribution in [1.29, 1.82) is 0 Å². The molecule has 0 atom stereocenters. The minimum atomic E-state index is -0.376. The SMILES string of the molecule is Cc1cc(N2CCN(c3ccccc3O)CC2)c2cc([N+](=O)[O-])ccc2n1. The molecule has 0 radical (unpaired) electrons. The summed E-state index contributed by atoms with van der Waals surface area (Å²) in [5, 5.41) is 22.0. The van der Waals surface area contributed by atoms with Gasteiger partial charge in [-0.15, -0.1) is 0 Å². The normalized spacial score (nSPS) is 14.6. The number of nitro groups is 1. The Balaban J connectivity index is 1.64. The highest BCUT2D eigenvalue weighted by Gasteiger charge is 2.22. The first kappa shape index (κ1) is 17.1. The Labute approximate surface area is 156 Å². The highest BCUT2D eigenvalue weighted by molar-refractivity contribution is 5.93. The lowest BCUT2D eigenvalue weighted by molar-refractivity contribution is -0.384. The Morgan fingerprint density at radius 1 is 1.00 bits per heavy atom. The predicted octanol–water partition coefficient (Wildman–Crippen LogP) is 3.48. The molecule has 1 N–H and O–H groups in total. The quantitative estimate of drug-likeness (QED) is 0.566. The number of aromatic hydroxyl groups is 1. The number of non-ortho nitro benzene ring substituents is 1. The van der Waals surface area contributed by atoms with Gasteiger partial charge < -0.3 is 14.9 Å². The third kappa shape index (κ3) is 3.23. The number of benzene rings is 2. The number of anilines is 2. The molecule has 0 amide bonds. The molecule has 3 aromatic rings. The van der Waals surface area contributed by atoms with Gasteiger partial charge in [0.1, 0.15) is 5.75 Å². The molecule has 1 aromatic heterocycles. The van der Waals surface area contributed by atoms with Gasteiger partial charge in [-0.2, -0.15) is 0 Å². The molecule has 0 saturated carbocycles. The van der Waals surface area contributed by atoms with Crippen LogP contribution >= 0.6 is 0 Å². The second-order valence-electron chi connectivity index (χ2n) is 6.70. The minimum absolute atomic E-state index is 0.0715. The van der Waals surface area contributed by atoms with E-state index in [9.17, 15) is 15.2 Å². The summed E-state index contributed by atoms with van der Waals surface area (Å²) in [4.78, 5) is 19.7. The topological polar surface area (TPSA) is 82.7 Å². The molecule has 2 aromatic carbocycles. The van der Waals surface area contributed by atoms with Crippen molar-refractivity contribution in [3.05, 3.63) is 64.3 Å². The number of para-hydroxylation sites is 2. The van der Waals surface area contributed by atoms with Crippen LogP contribution in [-0.4, -0.2) is 41.2 Å². The molecule has 7 nitrogen and oxygen atoms in total. The number of aryl methyl sites for hydroxylation is 1. The number of piperazine rings is 1. The Morgan fingerprint density at radius 2 is 1.67 bits per heavy atom. The van der Waals surface area contributed by atoms with Crippen molar-refractivity contribution in [2.75, 3.05) is 36.0 Å². The number of nitrogens with zero attached hydrogens (tertiary/aromatic N) is 4. The summed E-state index contributed by atoms with van der Waals surface area (Å²) in [7, 11) is 0. The van der Waals surface area contributed by atoms with Gasteiger partial charge in [0.2, 0.25) is 0 Å². The van der Waals surface area contributed by atoms with Crippen LogP contribution in [0.5, 0.6) is 5.75 Å². The molecule has 4 rings (SSSR count). The molecule has 27 heavy (non-hydrogen) atoms. The lowest BCUT2D eigenvalue weighted by Crippen LogP contribution is -2.46. The molecule has 138 valence electrons. The standard InChI is InChI=1S/C20H20N4O3/c1-14-12-19(16-13-15(24(26)27)6-7-17(16)21-14)23-10-8-22(9-11-23)18-4-2-3-5-20(18)25/h2-7,12-13,25H,8-11H2,1H3. The monoisotopic (exact) mass is 364 g/mol. The first-order valence-corrected chi connectivity index (χ1v) is 8.86. The van der Waals surface area contributed by atoms with Crippen LogP contribution in [0, 0.1) is 17.0 Å². The van der Waals surface area contributed by atoms with E-state index >= 15 is 0 Å². The van der Waals surface area contributed by atoms with Crippen molar-refractivity contribution in [3.63, 3.8) is 0 Å². The fourth-order valence-corrected chi connectivity index (χ4v) is 3.62. The summed E-state index contributed by atoms with van der Waals surface area (Å²) >= 11 is 0. The van der Waals surface area contributed by atoms with E-state index in [1.54, 1.807) is 18.2 Å². The van der Waals surface area contributed by atoms with Gasteiger partial charge in [-0.3, -0.25) is 15.1 Å². The maximum atomic E-state index is 11.2. The number of rotatable bonds is 3. The molecule has 1 aliphatic rings. The van der Waals surface area contributed by atoms with Gasteiger partial charge in [0.25, 0.3) is 5.69 Å². The second-order valence-corrected chi connectivity index (χ2v) is 6.70. The first-order valence-electron chi connectivity index (χ1n) is 8.86. The summed E-state index contributed by atoms with van der Waals surface area (Å²) in [6, 6.07) is 14.1.